The van der Waals surface area contributed by atoms with Gasteiger partial charge >= 0.3 is 6.09 Å². The molecule has 9 nitrogen and oxygen atoms in total. The maximum Gasteiger partial charge on any atom is 0.411 e. The van der Waals surface area contributed by atoms with E-state index in [0.717, 1.165) is 37.1 Å². The monoisotopic (exact) mass is 494 g/mol. The van der Waals surface area contributed by atoms with Gasteiger partial charge in [0.25, 0.3) is 5.91 Å². The summed E-state index contributed by atoms with van der Waals surface area (Å²) in [6.45, 7) is 4.17. The van der Waals surface area contributed by atoms with Crippen molar-refractivity contribution in [2.24, 2.45) is 0 Å². The molecule has 36 heavy (non-hydrogen) atoms. The fourth-order valence-electron chi connectivity index (χ4n) is 4.78. The maximum absolute atomic E-state index is 13.5. The third-order valence-electron chi connectivity index (χ3n) is 6.73. The van der Waals surface area contributed by atoms with Crippen LogP contribution in [0.3, 0.4) is 0 Å². The van der Waals surface area contributed by atoms with Crippen molar-refractivity contribution in [3.05, 3.63) is 65.4 Å². The number of piperidine rings is 1. The lowest BCUT2D eigenvalue weighted by Gasteiger charge is -2.31. The minimum Gasteiger partial charge on any atom is -0.493 e. The molecule has 2 heterocycles. The highest BCUT2D eigenvalue weighted by Gasteiger charge is 2.27. The molecular weight excluding hydrogens is 460 g/mol. The Balaban J connectivity index is 1.58. The van der Waals surface area contributed by atoms with Crippen molar-refractivity contribution >= 4 is 17.7 Å². The summed E-state index contributed by atoms with van der Waals surface area (Å²) in [5.41, 5.74) is 6.31. The number of nitrogens with zero attached hydrogens (tertiary/aromatic N) is 2. The van der Waals surface area contributed by atoms with Gasteiger partial charge in [-0.25, -0.2) is 15.2 Å². The Bertz CT molecular complexity index is 1130. The average molecular weight is 495 g/mol. The Morgan fingerprint density at radius 1 is 1.14 bits per heavy atom. The number of hydrazine groups is 1. The summed E-state index contributed by atoms with van der Waals surface area (Å²) in [5, 5.41) is 14.4. The first-order valence-electron chi connectivity index (χ1n) is 12.3. The third-order valence-corrected chi connectivity index (χ3v) is 6.73. The second kappa shape index (κ2) is 11.5. The lowest BCUT2D eigenvalue weighted by molar-refractivity contribution is 0.0713. The number of amides is 2. The first-order valence-corrected chi connectivity index (χ1v) is 12.3. The van der Waals surface area contributed by atoms with E-state index in [1.807, 2.05) is 37.3 Å². The molecular formula is C27H34N4O5. The molecule has 2 aliphatic heterocycles. The van der Waals surface area contributed by atoms with Crippen LogP contribution in [-0.4, -0.2) is 56.0 Å². The van der Waals surface area contributed by atoms with E-state index in [0.29, 0.717) is 35.8 Å². The zero-order chi connectivity index (χ0) is 25.7. The van der Waals surface area contributed by atoms with Crippen LogP contribution in [0.2, 0.25) is 0 Å². The predicted octanol–water partition coefficient (Wildman–Crippen LogP) is 4.28. The van der Waals surface area contributed by atoms with Gasteiger partial charge in [-0.3, -0.25) is 9.69 Å². The SMILES string of the molecule is CCOc1cc(C2CC=CN(C(=O)c3ccc(N(C)C(=O)O)c(C4CCNCC4)c3)N2)ccc1OC. The van der Waals surface area contributed by atoms with E-state index >= 15 is 0 Å². The topological polar surface area (TPSA) is 103 Å². The average Bonchev–Trinajstić information content (AvgIpc) is 2.92. The highest BCUT2D eigenvalue weighted by atomic mass is 16.5. The van der Waals surface area contributed by atoms with Crippen LogP contribution in [0.5, 0.6) is 11.5 Å². The van der Waals surface area contributed by atoms with Crippen LogP contribution >= 0.6 is 0 Å². The van der Waals surface area contributed by atoms with Gasteiger partial charge < -0.3 is 19.9 Å². The quantitative estimate of drug-likeness (QED) is 0.528. The van der Waals surface area contributed by atoms with Crippen molar-refractivity contribution in [3.63, 3.8) is 0 Å². The second-order valence-corrected chi connectivity index (χ2v) is 8.96. The molecule has 0 radical (unpaired) electrons. The van der Waals surface area contributed by atoms with Crippen LogP contribution in [-0.2, 0) is 0 Å². The Labute approximate surface area is 211 Å². The first kappa shape index (κ1) is 25.5. The molecule has 1 saturated heterocycles. The molecule has 4 rings (SSSR count). The summed E-state index contributed by atoms with van der Waals surface area (Å²) in [4.78, 5) is 26.4. The zero-order valence-corrected chi connectivity index (χ0v) is 21.0. The molecule has 2 aliphatic rings. The summed E-state index contributed by atoms with van der Waals surface area (Å²) in [6, 6.07) is 10.9. The molecule has 1 fully saturated rings. The Morgan fingerprint density at radius 2 is 1.92 bits per heavy atom. The number of anilines is 1. The molecule has 9 heteroatoms. The largest absolute Gasteiger partial charge is 0.493 e. The number of nitrogens with one attached hydrogen (secondary N) is 2. The van der Waals surface area contributed by atoms with E-state index in [1.54, 1.807) is 25.4 Å². The first-order chi connectivity index (χ1) is 17.4. The highest BCUT2D eigenvalue weighted by Crippen LogP contribution is 2.35. The van der Waals surface area contributed by atoms with Crippen LogP contribution in [0.25, 0.3) is 0 Å². The number of carboxylic acid groups (broad SMARTS) is 1. The van der Waals surface area contributed by atoms with Crippen LogP contribution in [0.4, 0.5) is 10.5 Å². The van der Waals surface area contributed by atoms with E-state index in [1.165, 1.54) is 17.0 Å². The summed E-state index contributed by atoms with van der Waals surface area (Å²) in [6.07, 6.45) is 5.17. The summed E-state index contributed by atoms with van der Waals surface area (Å²) in [7, 11) is 3.14. The van der Waals surface area contributed by atoms with Crippen LogP contribution in [0.1, 0.15) is 59.6 Å². The normalized spacial score (nSPS) is 18.1. The number of methoxy groups -OCH3 is 1. The summed E-state index contributed by atoms with van der Waals surface area (Å²) >= 11 is 0. The number of hydrogen-bond donors (Lipinski definition) is 3. The number of ether oxygens (including phenoxy) is 2. The summed E-state index contributed by atoms with van der Waals surface area (Å²) < 4.78 is 11.1. The van der Waals surface area contributed by atoms with Crippen molar-refractivity contribution < 1.29 is 24.2 Å². The standard InChI is InChI=1S/C27H34N4O5/c1-4-36-25-17-19(8-10-24(25)35-3)22-6-5-15-31(29-22)26(32)20-7-9-23(30(2)27(33)34)21(16-20)18-11-13-28-14-12-18/h5,7-10,15-18,22,28-29H,4,6,11-14H2,1-3H3,(H,33,34). The fraction of sp³-hybridized carbons (Fsp3) is 0.407. The van der Waals surface area contributed by atoms with Gasteiger partial charge in [0.1, 0.15) is 0 Å². The van der Waals surface area contributed by atoms with Crippen molar-refractivity contribution in [2.75, 3.05) is 38.8 Å². The molecule has 3 N–H and O–H groups in total. The molecule has 0 saturated carbocycles. The van der Waals surface area contributed by atoms with Gasteiger partial charge in [-0.15, -0.1) is 0 Å². The molecule has 1 atom stereocenters. The maximum atomic E-state index is 13.5. The lowest BCUT2D eigenvalue weighted by atomic mass is 9.87. The van der Waals surface area contributed by atoms with E-state index in [2.05, 4.69) is 10.7 Å². The second-order valence-electron chi connectivity index (χ2n) is 8.96. The van der Waals surface area contributed by atoms with Crippen molar-refractivity contribution in [1.29, 1.82) is 0 Å². The minimum atomic E-state index is -1.03. The minimum absolute atomic E-state index is 0.120. The van der Waals surface area contributed by atoms with Crippen molar-refractivity contribution in [3.8, 4) is 11.5 Å². The Kier molecular flexibility index (Phi) is 8.12. The van der Waals surface area contributed by atoms with Crippen molar-refractivity contribution in [1.82, 2.24) is 15.8 Å². The molecule has 0 bridgehead atoms. The van der Waals surface area contributed by atoms with Gasteiger partial charge in [-0.2, -0.15) is 0 Å². The van der Waals surface area contributed by atoms with Crippen LogP contribution in [0, 0.1) is 0 Å². The fourth-order valence-corrected chi connectivity index (χ4v) is 4.78. The number of benzene rings is 2. The molecule has 2 amide bonds. The predicted molar refractivity (Wildman–Crippen MR) is 138 cm³/mol. The van der Waals surface area contributed by atoms with Crippen LogP contribution < -0.4 is 25.1 Å². The number of rotatable bonds is 7. The summed E-state index contributed by atoms with van der Waals surface area (Å²) in [5.74, 6) is 1.31. The highest BCUT2D eigenvalue weighted by molar-refractivity contribution is 5.96. The van der Waals surface area contributed by atoms with E-state index < -0.39 is 6.09 Å². The van der Waals surface area contributed by atoms with Gasteiger partial charge in [0.05, 0.1) is 25.4 Å². The Morgan fingerprint density at radius 3 is 2.61 bits per heavy atom. The molecule has 0 aromatic heterocycles. The van der Waals surface area contributed by atoms with Gasteiger partial charge in [0.15, 0.2) is 11.5 Å². The van der Waals surface area contributed by atoms with E-state index in [-0.39, 0.29) is 17.9 Å². The molecule has 192 valence electrons. The Hall–Kier alpha value is -3.56. The van der Waals surface area contributed by atoms with Gasteiger partial charge in [0, 0.05) is 18.8 Å². The van der Waals surface area contributed by atoms with Crippen LogP contribution in [0.15, 0.2) is 48.7 Å². The molecule has 1 unspecified atom stereocenters. The number of hydrogen-bond acceptors (Lipinski definition) is 6. The van der Waals surface area contributed by atoms with Gasteiger partial charge in [0.2, 0.25) is 0 Å². The van der Waals surface area contributed by atoms with Crippen molar-refractivity contribution in [2.45, 2.75) is 38.1 Å². The lowest BCUT2D eigenvalue weighted by Crippen LogP contribution is -2.43. The third kappa shape index (κ3) is 5.47. The van der Waals surface area contributed by atoms with E-state index in [4.69, 9.17) is 9.47 Å². The van der Waals surface area contributed by atoms with Gasteiger partial charge in [-0.1, -0.05) is 12.1 Å². The number of carbonyl (C=O) groups excluding carboxylic acids is 1. The zero-order valence-electron chi connectivity index (χ0n) is 21.0. The smallest absolute Gasteiger partial charge is 0.411 e. The number of carbonyl (C=O) groups is 2. The molecule has 0 aliphatic carbocycles. The molecule has 0 spiro atoms. The van der Waals surface area contributed by atoms with Gasteiger partial charge in [-0.05, 0) is 86.7 Å². The molecule has 2 aromatic rings. The van der Waals surface area contributed by atoms with E-state index in [9.17, 15) is 14.7 Å². The molecule has 2 aromatic carbocycles.